The molecule has 0 heterocycles. The molecular formula is C39H51Cl3SiTi. The molecule has 0 fully saturated rings. The Bertz CT molecular complexity index is 1170. The van der Waals surface area contributed by atoms with Crippen molar-refractivity contribution in [1.29, 1.82) is 0 Å². The maximum Gasteiger partial charge on any atom is -1.00 e. The summed E-state index contributed by atoms with van der Waals surface area (Å²) in [6.45, 7) is 9.19. The zero-order chi connectivity index (χ0) is 29.1. The number of benzene rings is 3. The first kappa shape index (κ1) is 41.0. The van der Waals surface area contributed by atoms with Crippen molar-refractivity contribution in [3.8, 4) is 0 Å². The van der Waals surface area contributed by atoms with Crippen LogP contribution in [0.4, 0.5) is 0 Å². The van der Waals surface area contributed by atoms with Crippen molar-refractivity contribution in [2.45, 2.75) is 111 Å². The normalized spacial score (nSPS) is 12.7. The van der Waals surface area contributed by atoms with E-state index in [2.05, 4.69) is 127 Å². The fourth-order valence-electron chi connectivity index (χ4n) is 6.49. The van der Waals surface area contributed by atoms with Crippen molar-refractivity contribution in [3.63, 3.8) is 0 Å². The fourth-order valence-corrected chi connectivity index (χ4v) is 12.9. The number of hydrogen-bond donors (Lipinski definition) is 0. The summed E-state index contributed by atoms with van der Waals surface area (Å²) < 4.78 is 1.57. The summed E-state index contributed by atoms with van der Waals surface area (Å²) >= 11 is 2.44. The quantitative estimate of drug-likeness (QED) is 0.147. The van der Waals surface area contributed by atoms with Crippen LogP contribution >= 0.6 is 0 Å². The van der Waals surface area contributed by atoms with E-state index < -0.39 is 8.07 Å². The van der Waals surface area contributed by atoms with Gasteiger partial charge in [-0.2, -0.15) is 0 Å². The Kier molecular flexibility index (Phi) is 19.5. The van der Waals surface area contributed by atoms with E-state index in [-0.39, 0.29) is 37.2 Å². The van der Waals surface area contributed by atoms with E-state index in [1.54, 1.807) is 30.2 Å². The maximum absolute atomic E-state index is 2.57. The average Bonchev–Trinajstić information content (AvgIpc) is 3.38. The summed E-state index contributed by atoms with van der Waals surface area (Å²) in [7, 11) is -2.47. The van der Waals surface area contributed by atoms with E-state index in [0.717, 1.165) is 6.42 Å². The summed E-state index contributed by atoms with van der Waals surface area (Å²) in [5.74, 6) is 0. The Morgan fingerprint density at radius 3 is 1.14 bits per heavy atom. The van der Waals surface area contributed by atoms with Gasteiger partial charge < -0.3 is 37.2 Å². The van der Waals surface area contributed by atoms with E-state index >= 15 is 0 Å². The van der Waals surface area contributed by atoms with Crippen molar-refractivity contribution in [3.05, 3.63) is 110 Å². The Balaban J connectivity index is 0.00000323. The monoisotopic (exact) mass is 700 g/mol. The first-order valence-corrected chi connectivity index (χ1v) is 19.3. The summed E-state index contributed by atoms with van der Waals surface area (Å²) in [6, 6.07) is 29.7. The van der Waals surface area contributed by atoms with Crippen molar-refractivity contribution in [2.75, 3.05) is 0 Å². The molecule has 0 spiro atoms. The minimum atomic E-state index is -2.47. The van der Waals surface area contributed by atoms with Gasteiger partial charge in [-0.1, -0.05) is 0 Å². The van der Waals surface area contributed by atoms with Crippen LogP contribution in [0.15, 0.2) is 93.5 Å². The molecule has 0 bridgehead atoms. The predicted octanol–water partition coefficient (Wildman–Crippen LogP) is 0.0570. The molecule has 0 saturated carbocycles. The second-order valence-corrected chi connectivity index (χ2v) is 16.7. The first-order valence-electron chi connectivity index (χ1n) is 16.5. The number of allylic oxidation sites excluding steroid dienone is 4. The van der Waals surface area contributed by atoms with Gasteiger partial charge in [-0.15, -0.1) is 0 Å². The van der Waals surface area contributed by atoms with Gasteiger partial charge in [0.05, 0.1) is 0 Å². The fraction of sp³-hybridized carbons (Fsp3) is 0.436. The topological polar surface area (TPSA) is 0 Å². The molecular weight excluding hydrogens is 651 g/mol. The van der Waals surface area contributed by atoms with Gasteiger partial charge >= 0.3 is 265 Å². The molecule has 0 aliphatic heterocycles. The molecule has 0 radical (unpaired) electrons. The first-order chi connectivity index (χ1) is 20.1. The number of aryl methyl sites for hydroxylation is 3. The van der Waals surface area contributed by atoms with Crippen LogP contribution in [0.1, 0.15) is 109 Å². The molecule has 0 nitrogen and oxygen atoms in total. The van der Waals surface area contributed by atoms with E-state index in [1.165, 1.54) is 93.7 Å². The molecule has 5 heteroatoms. The van der Waals surface area contributed by atoms with Crippen LogP contribution in [0.25, 0.3) is 0 Å². The van der Waals surface area contributed by atoms with E-state index in [4.69, 9.17) is 0 Å². The maximum atomic E-state index is 2.57. The van der Waals surface area contributed by atoms with Crippen LogP contribution in [-0.2, 0) is 39.7 Å². The third kappa shape index (κ3) is 9.73. The molecule has 0 N–H and O–H groups in total. The molecule has 0 atom stereocenters. The van der Waals surface area contributed by atoms with Crippen molar-refractivity contribution in [1.82, 2.24) is 0 Å². The molecule has 1 aliphatic rings. The Morgan fingerprint density at radius 1 is 0.500 bits per heavy atom. The molecule has 0 aromatic heterocycles. The number of hydrogen-bond acceptors (Lipinski definition) is 0. The van der Waals surface area contributed by atoms with Gasteiger partial charge in [-0.25, -0.2) is 0 Å². The van der Waals surface area contributed by atoms with Gasteiger partial charge in [0.15, 0.2) is 0 Å². The molecule has 1 aliphatic carbocycles. The summed E-state index contributed by atoms with van der Waals surface area (Å²) in [6.07, 6.45) is 18.4. The van der Waals surface area contributed by atoms with Crippen molar-refractivity contribution >= 4 is 23.6 Å². The summed E-state index contributed by atoms with van der Waals surface area (Å²) in [5.41, 5.74) is 6.02. The largest absolute Gasteiger partial charge is 1.00 e. The van der Waals surface area contributed by atoms with Crippen molar-refractivity contribution in [2.24, 2.45) is 0 Å². The Hall–Kier alpha value is -1.06. The number of halogens is 3. The predicted molar refractivity (Wildman–Crippen MR) is 179 cm³/mol. The van der Waals surface area contributed by atoms with Gasteiger partial charge in [0, 0.05) is 0 Å². The second kappa shape index (κ2) is 20.9. The van der Waals surface area contributed by atoms with Crippen molar-refractivity contribution < 1.29 is 57.7 Å². The number of unbranched alkanes of at least 4 members (excludes halogenated alkanes) is 4. The molecule has 0 amide bonds. The second-order valence-electron chi connectivity index (χ2n) is 12.0. The smallest absolute Gasteiger partial charge is 1.00 e. The van der Waals surface area contributed by atoms with Crippen LogP contribution < -0.4 is 52.8 Å². The molecule has 236 valence electrons. The summed E-state index contributed by atoms with van der Waals surface area (Å²) in [4.78, 5) is 0. The van der Waals surface area contributed by atoms with Gasteiger partial charge in [0.25, 0.3) is 0 Å². The SMILES string of the molecule is CCCCC1=CCC([Si](c2ccc(CCCC)cc2)(c2ccc(CCCC)cc2)c2ccc(CCCC)cc2)=[C]1[Ti+3].[Cl-].[Cl-].[Cl-]. The minimum absolute atomic E-state index is 0. The third-order valence-electron chi connectivity index (χ3n) is 9.05. The molecule has 3 aromatic carbocycles. The van der Waals surface area contributed by atoms with Crippen LogP contribution in [0, 0.1) is 0 Å². The van der Waals surface area contributed by atoms with Gasteiger partial charge in [0.1, 0.15) is 0 Å². The minimum Gasteiger partial charge on any atom is -1.00 e. The third-order valence-corrected chi connectivity index (χ3v) is 15.4. The number of rotatable bonds is 16. The van der Waals surface area contributed by atoms with E-state index in [0.29, 0.717) is 0 Å². The molecule has 3 aromatic rings. The Morgan fingerprint density at radius 2 is 0.818 bits per heavy atom. The molecule has 0 unspecified atom stereocenters. The molecule has 44 heavy (non-hydrogen) atoms. The van der Waals surface area contributed by atoms with E-state index in [9.17, 15) is 0 Å². The summed E-state index contributed by atoms with van der Waals surface area (Å²) in [5, 5.41) is 6.33. The molecule has 4 rings (SSSR count). The van der Waals surface area contributed by atoms with Gasteiger partial charge in [0.2, 0.25) is 0 Å². The Labute approximate surface area is 300 Å². The molecule has 0 saturated heterocycles. The van der Waals surface area contributed by atoms with Crippen LogP contribution in [0.2, 0.25) is 0 Å². The van der Waals surface area contributed by atoms with Crippen LogP contribution in [-0.4, -0.2) is 8.07 Å². The zero-order valence-corrected chi connectivity index (χ0v) is 32.2. The van der Waals surface area contributed by atoms with E-state index in [1.807, 2.05) is 0 Å². The van der Waals surface area contributed by atoms with Gasteiger partial charge in [-0.05, 0) is 0 Å². The van der Waals surface area contributed by atoms with Crippen LogP contribution in [0.3, 0.4) is 0 Å². The standard InChI is InChI=1S/C39H51Si.3ClH.Ti/c1-5-9-13-32-17-24-36(25-18-32)40(39-30-23-35(31-39)16-12-8-4,37-26-19-33(20-27-37)14-10-6-2)38-28-21-34(22-29-38)15-11-7-3;;;;/h17-29H,5-16,30H2,1-4H3;3*1H;/q;;;;+3/p-3. The average molecular weight is 702 g/mol. The zero-order valence-electron chi connectivity index (χ0n) is 27.3. The van der Waals surface area contributed by atoms with Crippen LogP contribution in [0.5, 0.6) is 0 Å². The van der Waals surface area contributed by atoms with Gasteiger partial charge in [-0.3, -0.25) is 0 Å².